The molecule has 1 aromatic rings. The molecule has 0 bridgehead atoms. The van der Waals surface area contributed by atoms with Crippen LogP contribution in [0.2, 0.25) is 0 Å². The Bertz CT molecular complexity index is 314. The Morgan fingerprint density at radius 1 is 1.21 bits per heavy atom. The van der Waals surface area contributed by atoms with Crippen LogP contribution in [0.5, 0.6) is 0 Å². The third-order valence-corrected chi connectivity index (χ3v) is 2.95. The van der Waals surface area contributed by atoms with E-state index in [2.05, 4.69) is 0 Å². The Kier molecular flexibility index (Phi) is 2.30. The van der Waals surface area contributed by atoms with E-state index in [4.69, 9.17) is 0 Å². The van der Waals surface area contributed by atoms with Gasteiger partial charge in [0.1, 0.15) is 0 Å². The maximum atomic E-state index is 13.0. The van der Waals surface area contributed by atoms with Gasteiger partial charge >= 0.3 is 0 Å². The second kappa shape index (κ2) is 3.34. The Labute approximate surface area is 82.9 Å². The molecule has 0 N–H and O–H groups in total. The van der Waals surface area contributed by atoms with Crippen molar-refractivity contribution in [2.45, 2.75) is 38.0 Å². The minimum Gasteiger partial charge on any atom is -0.207 e. The molecule has 0 aromatic heterocycles. The quantitative estimate of drug-likeness (QED) is 0.639. The number of rotatable bonds is 1. The van der Waals surface area contributed by atoms with Gasteiger partial charge in [-0.25, -0.2) is 8.78 Å². The Balaban J connectivity index is 2.14. The molecule has 2 rings (SSSR count). The van der Waals surface area contributed by atoms with Crippen molar-refractivity contribution in [3.63, 3.8) is 0 Å². The minimum atomic E-state index is -2.43. The molecule has 0 spiro atoms. The van der Waals surface area contributed by atoms with Gasteiger partial charge in [0.05, 0.1) is 0 Å². The van der Waals surface area contributed by atoms with Gasteiger partial charge in [0, 0.05) is 12.8 Å². The molecule has 1 aliphatic rings. The van der Waals surface area contributed by atoms with Crippen molar-refractivity contribution in [2.75, 3.05) is 0 Å². The average molecular weight is 196 g/mol. The van der Waals surface area contributed by atoms with E-state index in [1.807, 2.05) is 31.2 Å². The lowest BCUT2D eigenvalue weighted by atomic mass is 9.97. The van der Waals surface area contributed by atoms with Crippen molar-refractivity contribution < 1.29 is 8.78 Å². The zero-order chi connectivity index (χ0) is 10.2. The number of hydrogen-bond acceptors (Lipinski definition) is 0. The monoisotopic (exact) mass is 196 g/mol. The van der Waals surface area contributed by atoms with Crippen LogP contribution in [0.25, 0.3) is 0 Å². The van der Waals surface area contributed by atoms with Crippen LogP contribution >= 0.6 is 0 Å². The number of alkyl halides is 2. The molecule has 0 heterocycles. The summed E-state index contributed by atoms with van der Waals surface area (Å²) < 4.78 is 25.9. The van der Waals surface area contributed by atoms with Gasteiger partial charge in [-0.3, -0.25) is 0 Å². The largest absolute Gasteiger partial charge is 0.248 e. The van der Waals surface area contributed by atoms with E-state index < -0.39 is 5.92 Å². The summed E-state index contributed by atoms with van der Waals surface area (Å²) in [6.45, 7) is 2.01. The molecule has 1 unspecified atom stereocenters. The fraction of sp³-hybridized carbons (Fsp3) is 0.500. The summed E-state index contributed by atoms with van der Waals surface area (Å²) in [5, 5.41) is 0. The number of hydrogen-bond donors (Lipinski definition) is 0. The topological polar surface area (TPSA) is 0 Å². The second-order valence-electron chi connectivity index (χ2n) is 4.21. The first kappa shape index (κ1) is 9.63. The number of halogens is 2. The summed E-state index contributed by atoms with van der Waals surface area (Å²) in [5.41, 5.74) is 2.24. The first-order valence-corrected chi connectivity index (χ1v) is 5.01. The van der Waals surface area contributed by atoms with Crippen LogP contribution in [-0.2, 0) is 0 Å². The van der Waals surface area contributed by atoms with Gasteiger partial charge in [-0.05, 0) is 24.8 Å². The third-order valence-electron chi connectivity index (χ3n) is 2.95. The molecule has 1 aliphatic carbocycles. The minimum absolute atomic E-state index is 0.0239. The van der Waals surface area contributed by atoms with Crippen LogP contribution in [-0.4, -0.2) is 5.92 Å². The molecule has 0 amide bonds. The van der Waals surface area contributed by atoms with Crippen molar-refractivity contribution in [2.24, 2.45) is 0 Å². The molecular weight excluding hydrogens is 182 g/mol. The Morgan fingerprint density at radius 3 is 2.36 bits per heavy atom. The Hall–Kier alpha value is -0.920. The van der Waals surface area contributed by atoms with E-state index in [0.717, 1.165) is 5.56 Å². The van der Waals surface area contributed by atoms with E-state index in [1.165, 1.54) is 5.56 Å². The van der Waals surface area contributed by atoms with E-state index in [0.29, 0.717) is 6.42 Å². The van der Waals surface area contributed by atoms with Gasteiger partial charge in [-0.1, -0.05) is 29.8 Å². The maximum absolute atomic E-state index is 13.0. The van der Waals surface area contributed by atoms with Crippen molar-refractivity contribution in [1.82, 2.24) is 0 Å². The summed E-state index contributed by atoms with van der Waals surface area (Å²) >= 11 is 0. The van der Waals surface area contributed by atoms with Gasteiger partial charge in [0.15, 0.2) is 0 Å². The molecule has 2 heteroatoms. The molecule has 1 atom stereocenters. The summed E-state index contributed by atoms with van der Waals surface area (Å²) in [6, 6.07) is 7.93. The lowest BCUT2D eigenvalue weighted by Crippen LogP contribution is -2.09. The van der Waals surface area contributed by atoms with Crippen molar-refractivity contribution in [3.8, 4) is 0 Å². The highest BCUT2D eigenvalue weighted by Crippen LogP contribution is 2.43. The smallest absolute Gasteiger partial charge is 0.207 e. The van der Waals surface area contributed by atoms with Gasteiger partial charge < -0.3 is 0 Å². The SMILES string of the molecule is Cc1ccc(C2CCC(F)(F)C2)cc1. The lowest BCUT2D eigenvalue weighted by molar-refractivity contribution is 0.00777. The summed E-state index contributed by atoms with van der Waals surface area (Å²) in [5.74, 6) is -2.37. The highest BCUT2D eigenvalue weighted by atomic mass is 19.3. The molecule has 1 fully saturated rings. The molecular formula is C12H14F2. The molecule has 0 radical (unpaired) electrons. The number of benzene rings is 1. The summed E-state index contributed by atoms with van der Waals surface area (Å²) in [7, 11) is 0. The standard InChI is InChI=1S/C12H14F2/c1-9-2-4-10(5-3-9)11-6-7-12(13,14)8-11/h2-5,11H,6-8H2,1H3. The fourth-order valence-electron chi connectivity index (χ4n) is 2.07. The first-order chi connectivity index (χ1) is 6.57. The van der Waals surface area contributed by atoms with Crippen LogP contribution in [0.15, 0.2) is 24.3 Å². The molecule has 0 aliphatic heterocycles. The van der Waals surface area contributed by atoms with Crippen LogP contribution in [0, 0.1) is 6.92 Å². The molecule has 1 saturated carbocycles. The van der Waals surface area contributed by atoms with E-state index >= 15 is 0 Å². The first-order valence-electron chi connectivity index (χ1n) is 5.01. The highest BCUT2D eigenvalue weighted by Gasteiger charge is 2.39. The second-order valence-corrected chi connectivity index (χ2v) is 4.21. The normalized spacial score (nSPS) is 25.2. The van der Waals surface area contributed by atoms with Crippen LogP contribution in [0.3, 0.4) is 0 Å². The van der Waals surface area contributed by atoms with Crippen molar-refractivity contribution in [3.05, 3.63) is 35.4 Å². The third kappa shape index (κ3) is 1.94. The molecule has 76 valence electrons. The predicted molar refractivity (Wildman–Crippen MR) is 52.7 cm³/mol. The van der Waals surface area contributed by atoms with Gasteiger partial charge in [-0.2, -0.15) is 0 Å². The molecule has 14 heavy (non-hydrogen) atoms. The highest BCUT2D eigenvalue weighted by molar-refractivity contribution is 5.25. The van der Waals surface area contributed by atoms with E-state index in [9.17, 15) is 8.78 Å². The zero-order valence-corrected chi connectivity index (χ0v) is 8.26. The van der Waals surface area contributed by atoms with Gasteiger partial charge in [0.2, 0.25) is 5.92 Å². The van der Waals surface area contributed by atoms with Gasteiger partial charge in [0.25, 0.3) is 0 Å². The summed E-state index contributed by atoms with van der Waals surface area (Å²) in [4.78, 5) is 0. The van der Waals surface area contributed by atoms with Crippen LogP contribution in [0.1, 0.15) is 36.3 Å². The number of aryl methyl sites for hydroxylation is 1. The summed E-state index contributed by atoms with van der Waals surface area (Å²) in [6.07, 6.45) is 0.692. The van der Waals surface area contributed by atoms with Gasteiger partial charge in [-0.15, -0.1) is 0 Å². The Morgan fingerprint density at radius 2 is 1.86 bits per heavy atom. The molecule has 0 nitrogen and oxygen atoms in total. The van der Waals surface area contributed by atoms with Crippen molar-refractivity contribution in [1.29, 1.82) is 0 Å². The average Bonchev–Trinajstić information content (AvgIpc) is 2.47. The molecule has 0 saturated heterocycles. The fourth-order valence-corrected chi connectivity index (χ4v) is 2.07. The van der Waals surface area contributed by atoms with Crippen LogP contribution in [0.4, 0.5) is 8.78 Å². The van der Waals surface area contributed by atoms with E-state index in [1.54, 1.807) is 0 Å². The zero-order valence-electron chi connectivity index (χ0n) is 8.26. The predicted octanol–water partition coefficient (Wildman–Crippen LogP) is 3.90. The lowest BCUT2D eigenvalue weighted by Gasteiger charge is -2.10. The van der Waals surface area contributed by atoms with Crippen LogP contribution < -0.4 is 0 Å². The molecule has 1 aromatic carbocycles. The van der Waals surface area contributed by atoms with E-state index in [-0.39, 0.29) is 18.8 Å². The van der Waals surface area contributed by atoms with Crippen molar-refractivity contribution >= 4 is 0 Å². The maximum Gasteiger partial charge on any atom is 0.248 e.